The number of carbonyl (C=O) groups is 2. The number of methoxy groups -OCH3 is 1. The zero-order chi connectivity index (χ0) is 23.6. The third-order valence-corrected chi connectivity index (χ3v) is 4.96. The molecule has 0 aliphatic carbocycles. The Balaban J connectivity index is 1.76. The molecule has 9 heteroatoms. The van der Waals surface area contributed by atoms with E-state index in [1.807, 2.05) is 0 Å². The second-order valence-corrected chi connectivity index (χ2v) is 7.21. The summed E-state index contributed by atoms with van der Waals surface area (Å²) in [5.74, 6) is -1.20. The normalized spacial score (nSPS) is 17.6. The highest BCUT2D eigenvalue weighted by atomic mass is 16.7. The van der Waals surface area contributed by atoms with Gasteiger partial charge in [0.15, 0.2) is 5.76 Å². The molecule has 0 spiro atoms. The van der Waals surface area contributed by atoms with E-state index >= 15 is 0 Å². The summed E-state index contributed by atoms with van der Waals surface area (Å²) >= 11 is 0. The molecule has 0 bridgehead atoms. The van der Waals surface area contributed by atoms with Crippen LogP contribution in [0.5, 0.6) is 5.75 Å². The number of allylic oxidation sites excluding steroid dienone is 1. The Morgan fingerprint density at radius 1 is 1.09 bits per heavy atom. The van der Waals surface area contributed by atoms with Gasteiger partial charge in [0.2, 0.25) is 6.29 Å². The predicted octanol–water partition coefficient (Wildman–Crippen LogP) is 2.56. The van der Waals surface area contributed by atoms with Gasteiger partial charge in [-0.25, -0.2) is 4.79 Å². The number of esters is 1. The molecule has 33 heavy (non-hydrogen) atoms. The number of phenolic OH excluding ortho intramolecular Hbond substituents is 1. The van der Waals surface area contributed by atoms with Crippen molar-refractivity contribution in [3.8, 4) is 5.75 Å². The van der Waals surface area contributed by atoms with E-state index in [0.29, 0.717) is 12.0 Å². The van der Waals surface area contributed by atoms with Crippen molar-refractivity contribution in [2.24, 2.45) is 0 Å². The van der Waals surface area contributed by atoms with E-state index in [9.17, 15) is 14.7 Å². The molecule has 2 unspecified atom stereocenters. The van der Waals surface area contributed by atoms with Crippen molar-refractivity contribution < 1.29 is 38.7 Å². The van der Waals surface area contributed by atoms with Gasteiger partial charge in [-0.05, 0) is 35.9 Å². The molecule has 1 amide bonds. The summed E-state index contributed by atoms with van der Waals surface area (Å²) in [6.07, 6.45) is 1.40. The van der Waals surface area contributed by atoms with E-state index in [0.717, 1.165) is 5.56 Å². The van der Waals surface area contributed by atoms with Gasteiger partial charge in [0, 0.05) is 12.3 Å². The summed E-state index contributed by atoms with van der Waals surface area (Å²) in [6.45, 7) is 0.607. The molecule has 0 saturated heterocycles. The number of aliphatic hydroxyl groups is 1. The third-order valence-electron chi connectivity index (χ3n) is 4.96. The zero-order valence-corrected chi connectivity index (χ0v) is 18.2. The Morgan fingerprint density at radius 3 is 2.55 bits per heavy atom. The molecular weight excluding hydrogens is 430 g/mol. The average molecular weight is 457 g/mol. The summed E-state index contributed by atoms with van der Waals surface area (Å²) in [4.78, 5) is 24.6. The Labute approximate surface area is 191 Å². The number of para-hydroxylation sites is 2. The molecule has 1 aliphatic rings. The Kier molecular flexibility index (Phi) is 8.82. The zero-order valence-electron chi connectivity index (χ0n) is 18.2. The molecule has 0 aromatic heterocycles. The molecule has 1 heterocycles. The van der Waals surface area contributed by atoms with Crippen molar-refractivity contribution in [3.05, 3.63) is 71.5 Å². The molecule has 3 N–H and O–H groups in total. The minimum atomic E-state index is -0.719. The van der Waals surface area contributed by atoms with E-state index in [-0.39, 0.29) is 49.5 Å². The number of hydrogen-bond acceptors (Lipinski definition) is 8. The smallest absolute Gasteiger partial charge is 0.337 e. The molecule has 0 radical (unpaired) electrons. The van der Waals surface area contributed by atoms with Crippen LogP contribution in [0.4, 0.5) is 5.69 Å². The maximum Gasteiger partial charge on any atom is 0.337 e. The molecule has 2 atom stereocenters. The first-order chi connectivity index (χ1) is 16.0. The van der Waals surface area contributed by atoms with Gasteiger partial charge in [0.1, 0.15) is 5.75 Å². The lowest BCUT2D eigenvalue weighted by molar-refractivity contribution is -0.148. The second-order valence-electron chi connectivity index (χ2n) is 7.21. The molecule has 2 aromatic carbocycles. The number of phenols is 1. The van der Waals surface area contributed by atoms with E-state index in [2.05, 4.69) is 5.32 Å². The SMILES string of the molecule is COC(=O)c1ccc(C2C=C(C(=O)Nc3ccccc3O)OC(OCCOCCO)C2)cc1. The summed E-state index contributed by atoms with van der Waals surface area (Å²) in [7, 11) is 1.32. The largest absolute Gasteiger partial charge is 0.506 e. The standard InChI is InChI=1S/C24H27NO8/c1-30-24(29)17-8-6-16(7-9-17)18-14-21(23(28)25-19-4-2-3-5-20(19)27)33-22(15-18)32-13-12-31-11-10-26/h2-9,14,18,22,26-27H,10-13,15H2,1H3,(H,25,28). The van der Waals surface area contributed by atoms with Crippen molar-refractivity contribution in [3.63, 3.8) is 0 Å². The highest BCUT2D eigenvalue weighted by Crippen LogP contribution is 2.32. The van der Waals surface area contributed by atoms with Gasteiger partial charge < -0.3 is 34.5 Å². The molecule has 0 saturated carbocycles. The van der Waals surface area contributed by atoms with Crippen LogP contribution in [0.1, 0.15) is 28.3 Å². The van der Waals surface area contributed by atoms with Crippen LogP contribution < -0.4 is 5.32 Å². The number of rotatable bonds is 10. The van der Waals surface area contributed by atoms with Crippen LogP contribution in [0.15, 0.2) is 60.4 Å². The monoisotopic (exact) mass is 457 g/mol. The van der Waals surface area contributed by atoms with Crippen molar-refractivity contribution >= 4 is 17.6 Å². The lowest BCUT2D eigenvalue weighted by Crippen LogP contribution is -2.30. The second kappa shape index (κ2) is 12.0. The fourth-order valence-corrected chi connectivity index (χ4v) is 3.30. The molecule has 3 rings (SSSR count). The Bertz CT molecular complexity index is 973. The number of hydrogen-bond donors (Lipinski definition) is 3. The number of aromatic hydroxyl groups is 1. The van der Waals surface area contributed by atoms with Crippen molar-refractivity contribution in [1.29, 1.82) is 0 Å². The number of carbonyl (C=O) groups excluding carboxylic acids is 2. The summed E-state index contributed by atoms with van der Waals surface area (Å²) in [6, 6.07) is 13.3. The number of ether oxygens (including phenoxy) is 4. The molecule has 2 aromatic rings. The van der Waals surface area contributed by atoms with Crippen LogP contribution >= 0.6 is 0 Å². The number of aliphatic hydroxyl groups excluding tert-OH is 1. The fourth-order valence-electron chi connectivity index (χ4n) is 3.30. The van der Waals surface area contributed by atoms with Gasteiger partial charge in [-0.2, -0.15) is 0 Å². The quantitative estimate of drug-likeness (QED) is 0.283. The first kappa shape index (κ1) is 24.2. The number of benzene rings is 2. The minimum absolute atomic E-state index is 0.0489. The van der Waals surface area contributed by atoms with Gasteiger partial charge in [-0.1, -0.05) is 24.3 Å². The lowest BCUT2D eigenvalue weighted by atomic mass is 9.92. The number of anilines is 1. The summed E-state index contributed by atoms with van der Waals surface area (Å²) in [5, 5.41) is 21.4. The predicted molar refractivity (Wildman–Crippen MR) is 119 cm³/mol. The topological polar surface area (TPSA) is 124 Å². The lowest BCUT2D eigenvalue weighted by Gasteiger charge is -2.29. The van der Waals surface area contributed by atoms with Gasteiger partial charge in [0.25, 0.3) is 5.91 Å². The first-order valence-electron chi connectivity index (χ1n) is 10.5. The molecular formula is C24H27NO8. The molecule has 0 fully saturated rings. The van der Waals surface area contributed by atoms with Crippen LogP contribution in [0.25, 0.3) is 0 Å². The minimum Gasteiger partial charge on any atom is -0.506 e. The van der Waals surface area contributed by atoms with Crippen LogP contribution in [0.2, 0.25) is 0 Å². The molecule has 1 aliphatic heterocycles. The van der Waals surface area contributed by atoms with Crippen LogP contribution in [-0.2, 0) is 23.7 Å². The maximum absolute atomic E-state index is 12.9. The maximum atomic E-state index is 12.9. The van der Waals surface area contributed by atoms with Crippen LogP contribution in [-0.4, -0.2) is 61.9 Å². The molecule has 9 nitrogen and oxygen atoms in total. The van der Waals surface area contributed by atoms with Gasteiger partial charge in [0.05, 0.1) is 44.8 Å². The Morgan fingerprint density at radius 2 is 1.85 bits per heavy atom. The van der Waals surface area contributed by atoms with Gasteiger partial charge >= 0.3 is 5.97 Å². The van der Waals surface area contributed by atoms with Gasteiger partial charge in [-0.15, -0.1) is 0 Å². The highest BCUT2D eigenvalue weighted by Gasteiger charge is 2.29. The fraction of sp³-hybridized carbons (Fsp3) is 0.333. The van der Waals surface area contributed by atoms with E-state index in [1.165, 1.54) is 13.2 Å². The Hall–Kier alpha value is -3.40. The van der Waals surface area contributed by atoms with Crippen molar-refractivity contribution in [2.45, 2.75) is 18.6 Å². The van der Waals surface area contributed by atoms with E-state index in [4.69, 9.17) is 24.1 Å². The third kappa shape index (κ3) is 6.79. The van der Waals surface area contributed by atoms with E-state index < -0.39 is 18.2 Å². The molecule has 176 valence electrons. The average Bonchev–Trinajstić information content (AvgIpc) is 2.84. The van der Waals surface area contributed by atoms with Gasteiger partial charge in [-0.3, -0.25) is 4.79 Å². The number of nitrogens with one attached hydrogen (secondary N) is 1. The van der Waals surface area contributed by atoms with Crippen molar-refractivity contribution in [1.82, 2.24) is 0 Å². The van der Waals surface area contributed by atoms with E-state index in [1.54, 1.807) is 48.5 Å². The summed E-state index contributed by atoms with van der Waals surface area (Å²) < 4.78 is 21.4. The number of amides is 1. The van der Waals surface area contributed by atoms with Crippen molar-refractivity contribution in [2.75, 3.05) is 38.9 Å². The van der Waals surface area contributed by atoms with Crippen LogP contribution in [0, 0.1) is 0 Å². The first-order valence-corrected chi connectivity index (χ1v) is 10.5. The highest BCUT2D eigenvalue weighted by molar-refractivity contribution is 6.03. The van der Waals surface area contributed by atoms with Crippen LogP contribution in [0.3, 0.4) is 0 Å². The summed E-state index contributed by atoms with van der Waals surface area (Å²) in [5.41, 5.74) is 1.54.